The maximum atomic E-state index is 13.3. The number of halogens is 1. The number of ketones is 1. The van der Waals surface area contributed by atoms with Crippen LogP contribution in [0.3, 0.4) is 0 Å². The van der Waals surface area contributed by atoms with Crippen LogP contribution < -0.4 is 0 Å². The smallest absolute Gasteiger partial charge is 0.176 e. The first-order valence-electron chi connectivity index (χ1n) is 7.92. The summed E-state index contributed by atoms with van der Waals surface area (Å²) >= 11 is 0. The average molecular weight is 312 g/mol. The Morgan fingerprint density at radius 3 is 2.35 bits per heavy atom. The topological polar surface area (TPSA) is 23.6 Å². The van der Waals surface area contributed by atoms with E-state index in [2.05, 4.69) is 16.8 Å². The van der Waals surface area contributed by atoms with Gasteiger partial charge in [-0.15, -0.1) is 0 Å². The minimum Gasteiger partial charge on any atom is -0.304 e. The molecule has 0 radical (unpaired) electrons. The first kappa shape index (κ1) is 15.8. The molecule has 0 unspecified atom stereocenters. The summed E-state index contributed by atoms with van der Waals surface area (Å²) in [5.41, 5.74) is 2.45. The van der Waals surface area contributed by atoms with Crippen molar-refractivity contribution in [3.05, 3.63) is 59.9 Å². The molecule has 1 aliphatic heterocycles. The highest BCUT2D eigenvalue weighted by Crippen LogP contribution is 2.20. The summed E-state index contributed by atoms with van der Waals surface area (Å²) in [5, 5.41) is 0. The van der Waals surface area contributed by atoms with Crippen molar-refractivity contribution in [2.75, 3.05) is 39.8 Å². The molecule has 1 heterocycles. The van der Waals surface area contributed by atoms with E-state index in [1.54, 1.807) is 6.07 Å². The molecule has 0 N–H and O–H groups in total. The first-order chi connectivity index (χ1) is 11.1. The van der Waals surface area contributed by atoms with Crippen molar-refractivity contribution in [1.29, 1.82) is 0 Å². The summed E-state index contributed by atoms with van der Waals surface area (Å²) in [6.45, 7) is 4.35. The Morgan fingerprint density at radius 2 is 1.70 bits per heavy atom. The van der Waals surface area contributed by atoms with Gasteiger partial charge in [0.1, 0.15) is 5.82 Å². The Bertz CT molecular complexity index is 676. The van der Waals surface area contributed by atoms with E-state index in [0.29, 0.717) is 12.1 Å². The lowest BCUT2D eigenvalue weighted by atomic mass is 10.0. The SMILES string of the molecule is CN1CCN(CC(=O)c2ccc(-c3cccc(F)c3)cc2)CC1. The molecule has 3 rings (SSSR count). The van der Waals surface area contributed by atoms with Gasteiger partial charge in [0.05, 0.1) is 6.54 Å². The van der Waals surface area contributed by atoms with Gasteiger partial charge in [0.25, 0.3) is 0 Å². The molecule has 1 aliphatic rings. The van der Waals surface area contributed by atoms with Crippen LogP contribution in [0.15, 0.2) is 48.5 Å². The number of nitrogens with zero attached hydrogens (tertiary/aromatic N) is 2. The lowest BCUT2D eigenvalue weighted by Gasteiger charge is -2.31. The van der Waals surface area contributed by atoms with Crippen LogP contribution in [0.4, 0.5) is 4.39 Å². The lowest BCUT2D eigenvalue weighted by Crippen LogP contribution is -2.46. The Labute approximate surface area is 136 Å². The number of hydrogen-bond donors (Lipinski definition) is 0. The van der Waals surface area contributed by atoms with Gasteiger partial charge in [0.2, 0.25) is 0 Å². The molecule has 2 aromatic carbocycles. The molecule has 2 aromatic rings. The van der Waals surface area contributed by atoms with Crippen LogP contribution in [-0.2, 0) is 0 Å². The zero-order valence-corrected chi connectivity index (χ0v) is 13.3. The van der Waals surface area contributed by atoms with E-state index < -0.39 is 0 Å². The molecule has 1 saturated heterocycles. The summed E-state index contributed by atoms with van der Waals surface area (Å²) in [7, 11) is 2.10. The predicted molar refractivity (Wildman–Crippen MR) is 90.1 cm³/mol. The average Bonchev–Trinajstić information content (AvgIpc) is 2.57. The molecule has 0 aliphatic carbocycles. The Balaban J connectivity index is 1.66. The molecule has 0 spiro atoms. The minimum atomic E-state index is -0.252. The molecule has 120 valence electrons. The van der Waals surface area contributed by atoms with Gasteiger partial charge in [0, 0.05) is 31.7 Å². The van der Waals surface area contributed by atoms with Gasteiger partial charge in [-0.1, -0.05) is 36.4 Å². The molecule has 0 aromatic heterocycles. The Kier molecular flexibility index (Phi) is 4.84. The third-order valence-electron chi connectivity index (χ3n) is 4.33. The third-order valence-corrected chi connectivity index (χ3v) is 4.33. The minimum absolute atomic E-state index is 0.139. The standard InChI is InChI=1S/C19H21FN2O/c1-21-9-11-22(12-10-21)14-19(23)16-7-5-15(6-8-16)17-3-2-4-18(20)13-17/h2-8,13H,9-12,14H2,1H3. The summed E-state index contributed by atoms with van der Waals surface area (Å²) in [5.74, 6) is -0.113. The molecule has 3 nitrogen and oxygen atoms in total. The second-order valence-corrected chi connectivity index (χ2v) is 6.09. The highest BCUT2D eigenvalue weighted by atomic mass is 19.1. The van der Waals surface area contributed by atoms with Crippen molar-refractivity contribution < 1.29 is 9.18 Å². The second-order valence-electron chi connectivity index (χ2n) is 6.09. The summed E-state index contributed by atoms with van der Waals surface area (Å²) in [6, 6.07) is 13.9. The van der Waals surface area contributed by atoms with E-state index in [1.807, 2.05) is 30.3 Å². The van der Waals surface area contributed by atoms with E-state index in [1.165, 1.54) is 12.1 Å². The van der Waals surface area contributed by atoms with Gasteiger partial charge in [-0.3, -0.25) is 9.69 Å². The van der Waals surface area contributed by atoms with Crippen molar-refractivity contribution in [2.24, 2.45) is 0 Å². The number of rotatable bonds is 4. The Hall–Kier alpha value is -2.04. The summed E-state index contributed by atoms with van der Waals surface area (Å²) < 4.78 is 13.3. The molecular formula is C19H21FN2O. The Morgan fingerprint density at radius 1 is 1.00 bits per heavy atom. The van der Waals surface area contributed by atoms with E-state index in [4.69, 9.17) is 0 Å². The van der Waals surface area contributed by atoms with Gasteiger partial charge in [-0.05, 0) is 30.3 Å². The van der Waals surface area contributed by atoms with Crippen molar-refractivity contribution in [3.8, 4) is 11.1 Å². The van der Waals surface area contributed by atoms with Crippen LogP contribution in [0.5, 0.6) is 0 Å². The summed E-state index contributed by atoms with van der Waals surface area (Å²) in [6.07, 6.45) is 0. The number of hydrogen-bond acceptors (Lipinski definition) is 3. The van der Waals surface area contributed by atoms with Gasteiger partial charge in [-0.2, -0.15) is 0 Å². The monoisotopic (exact) mass is 312 g/mol. The largest absolute Gasteiger partial charge is 0.304 e. The number of Topliss-reactive ketones (excluding diaryl/α,β-unsaturated/α-hetero) is 1. The molecule has 23 heavy (non-hydrogen) atoms. The molecular weight excluding hydrogens is 291 g/mol. The number of piperazine rings is 1. The molecule has 4 heteroatoms. The van der Waals surface area contributed by atoms with Crippen molar-refractivity contribution >= 4 is 5.78 Å². The van der Waals surface area contributed by atoms with E-state index in [0.717, 1.165) is 37.3 Å². The fourth-order valence-corrected chi connectivity index (χ4v) is 2.82. The predicted octanol–water partition coefficient (Wildman–Crippen LogP) is 2.92. The zero-order chi connectivity index (χ0) is 16.2. The molecule has 0 bridgehead atoms. The second kappa shape index (κ2) is 7.02. The number of benzene rings is 2. The molecule has 0 saturated carbocycles. The lowest BCUT2D eigenvalue weighted by molar-refractivity contribution is 0.0876. The van der Waals surface area contributed by atoms with Crippen molar-refractivity contribution in [1.82, 2.24) is 9.80 Å². The highest BCUT2D eigenvalue weighted by molar-refractivity contribution is 5.98. The van der Waals surface area contributed by atoms with Crippen LogP contribution in [-0.4, -0.2) is 55.4 Å². The van der Waals surface area contributed by atoms with Gasteiger partial charge >= 0.3 is 0 Å². The van der Waals surface area contributed by atoms with E-state index >= 15 is 0 Å². The van der Waals surface area contributed by atoms with Crippen molar-refractivity contribution in [2.45, 2.75) is 0 Å². The quantitative estimate of drug-likeness (QED) is 0.811. The maximum Gasteiger partial charge on any atom is 0.176 e. The zero-order valence-electron chi connectivity index (χ0n) is 13.3. The first-order valence-corrected chi connectivity index (χ1v) is 7.92. The van der Waals surface area contributed by atoms with Gasteiger partial charge in [0.15, 0.2) is 5.78 Å². The fraction of sp³-hybridized carbons (Fsp3) is 0.316. The van der Waals surface area contributed by atoms with Gasteiger partial charge < -0.3 is 4.90 Å². The van der Waals surface area contributed by atoms with E-state index in [9.17, 15) is 9.18 Å². The molecule has 0 atom stereocenters. The number of carbonyl (C=O) groups is 1. The van der Waals surface area contributed by atoms with Crippen LogP contribution in [0.25, 0.3) is 11.1 Å². The molecule has 1 fully saturated rings. The summed E-state index contributed by atoms with van der Waals surface area (Å²) in [4.78, 5) is 16.9. The van der Waals surface area contributed by atoms with Crippen LogP contribution in [0, 0.1) is 5.82 Å². The van der Waals surface area contributed by atoms with Gasteiger partial charge in [-0.25, -0.2) is 4.39 Å². The normalized spacial score (nSPS) is 16.4. The van der Waals surface area contributed by atoms with E-state index in [-0.39, 0.29) is 11.6 Å². The van der Waals surface area contributed by atoms with Crippen LogP contribution in [0.1, 0.15) is 10.4 Å². The maximum absolute atomic E-state index is 13.3. The molecule has 0 amide bonds. The third kappa shape index (κ3) is 4.03. The fourth-order valence-electron chi connectivity index (χ4n) is 2.82. The van der Waals surface area contributed by atoms with Crippen molar-refractivity contribution in [3.63, 3.8) is 0 Å². The van der Waals surface area contributed by atoms with Crippen LogP contribution >= 0.6 is 0 Å². The number of carbonyl (C=O) groups excluding carboxylic acids is 1. The van der Waals surface area contributed by atoms with Crippen LogP contribution in [0.2, 0.25) is 0 Å². The highest BCUT2D eigenvalue weighted by Gasteiger charge is 2.17. The number of likely N-dealkylation sites (N-methyl/N-ethyl adjacent to an activating group) is 1.